The third-order valence-electron chi connectivity index (χ3n) is 3.26. The van der Waals surface area contributed by atoms with Crippen LogP contribution in [0, 0.1) is 0 Å². The Labute approximate surface area is 159 Å². The van der Waals surface area contributed by atoms with Crippen LogP contribution < -0.4 is 10.6 Å². The largest absolute Gasteiger partial charge is 0.380 e. The van der Waals surface area contributed by atoms with E-state index in [-0.39, 0.29) is 24.0 Å². The molecule has 23 heavy (non-hydrogen) atoms. The molecule has 0 bridgehead atoms. The summed E-state index contributed by atoms with van der Waals surface area (Å²) in [5, 5.41) is 8.77. The van der Waals surface area contributed by atoms with Gasteiger partial charge in [0.25, 0.3) is 0 Å². The maximum absolute atomic E-state index is 5.11. The van der Waals surface area contributed by atoms with Gasteiger partial charge in [-0.05, 0) is 29.0 Å². The van der Waals surface area contributed by atoms with Gasteiger partial charge in [0.15, 0.2) is 5.96 Å². The van der Waals surface area contributed by atoms with Crippen molar-refractivity contribution in [2.45, 2.75) is 19.6 Å². The molecule has 1 heterocycles. The molecule has 6 heteroatoms. The third kappa shape index (κ3) is 7.32. The Morgan fingerprint density at radius 1 is 1.13 bits per heavy atom. The first-order chi connectivity index (χ1) is 10.8. The van der Waals surface area contributed by atoms with Crippen molar-refractivity contribution in [2.24, 2.45) is 4.99 Å². The summed E-state index contributed by atoms with van der Waals surface area (Å²) in [6, 6.07) is 12.6. The summed E-state index contributed by atoms with van der Waals surface area (Å²) in [6.45, 7) is 2.29. The number of hydrogen-bond acceptors (Lipinski definition) is 3. The number of benzene rings is 1. The molecular weight excluding hydrogens is 421 g/mol. The van der Waals surface area contributed by atoms with Crippen LogP contribution in [0.3, 0.4) is 0 Å². The first-order valence-electron chi connectivity index (χ1n) is 7.35. The van der Waals surface area contributed by atoms with Crippen LogP contribution in [-0.4, -0.2) is 26.7 Å². The lowest BCUT2D eigenvalue weighted by Gasteiger charge is -2.12. The van der Waals surface area contributed by atoms with Crippen LogP contribution in [-0.2, 0) is 24.3 Å². The normalized spacial score (nSPS) is 11.0. The monoisotopic (exact) mass is 445 g/mol. The number of guanidine groups is 1. The summed E-state index contributed by atoms with van der Waals surface area (Å²) in [7, 11) is 3.50. The number of aliphatic imine (C=N–C) groups is 1. The van der Waals surface area contributed by atoms with Crippen LogP contribution in [0.25, 0.3) is 0 Å². The molecule has 2 aromatic rings. The molecule has 0 saturated carbocycles. The van der Waals surface area contributed by atoms with E-state index in [0.717, 1.165) is 25.5 Å². The molecule has 2 rings (SSSR count). The lowest BCUT2D eigenvalue weighted by atomic mass is 10.1. The van der Waals surface area contributed by atoms with Crippen LogP contribution >= 0.6 is 35.3 Å². The maximum Gasteiger partial charge on any atom is 0.191 e. The summed E-state index contributed by atoms with van der Waals surface area (Å²) in [6.07, 6.45) is 1.02. The standard InChI is InChI=1S/C17H23N3OS.HI/c1-18-17(19-10-9-16-4-3-11-22-16)20-12-14-5-7-15(8-6-14)13-21-2;/h3-8,11H,9-10,12-13H2,1-2H3,(H2,18,19,20);1H. The van der Waals surface area contributed by atoms with E-state index in [9.17, 15) is 0 Å². The second kappa shape index (κ2) is 11.4. The van der Waals surface area contributed by atoms with Crippen molar-refractivity contribution < 1.29 is 4.74 Å². The van der Waals surface area contributed by atoms with E-state index < -0.39 is 0 Å². The Morgan fingerprint density at radius 2 is 1.87 bits per heavy atom. The number of nitrogens with zero attached hydrogens (tertiary/aromatic N) is 1. The average Bonchev–Trinajstić information content (AvgIpc) is 3.06. The van der Waals surface area contributed by atoms with Gasteiger partial charge in [0.1, 0.15) is 0 Å². The highest BCUT2D eigenvalue weighted by Crippen LogP contribution is 2.08. The fraction of sp³-hybridized carbons (Fsp3) is 0.353. The molecule has 0 radical (unpaired) electrons. The Morgan fingerprint density at radius 3 is 2.48 bits per heavy atom. The lowest BCUT2D eigenvalue weighted by molar-refractivity contribution is 0.185. The zero-order chi connectivity index (χ0) is 15.6. The molecule has 2 N–H and O–H groups in total. The Hall–Kier alpha value is -1.12. The van der Waals surface area contributed by atoms with E-state index in [1.165, 1.54) is 16.0 Å². The summed E-state index contributed by atoms with van der Waals surface area (Å²) >= 11 is 1.79. The van der Waals surface area contributed by atoms with E-state index in [4.69, 9.17) is 4.74 Å². The molecule has 1 aromatic carbocycles. The van der Waals surface area contributed by atoms with E-state index in [0.29, 0.717) is 6.61 Å². The lowest BCUT2D eigenvalue weighted by Crippen LogP contribution is -2.37. The molecular formula is C17H24IN3OS. The van der Waals surface area contributed by atoms with E-state index >= 15 is 0 Å². The highest BCUT2D eigenvalue weighted by Gasteiger charge is 2.00. The molecule has 4 nitrogen and oxygen atoms in total. The zero-order valence-corrected chi connectivity index (χ0v) is 16.7. The van der Waals surface area contributed by atoms with Gasteiger partial charge in [0, 0.05) is 32.1 Å². The van der Waals surface area contributed by atoms with Crippen molar-refractivity contribution in [3.05, 3.63) is 57.8 Å². The summed E-state index contributed by atoms with van der Waals surface area (Å²) in [5.74, 6) is 0.831. The number of thiophene rings is 1. The van der Waals surface area contributed by atoms with Crippen molar-refractivity contribution in [3.63, 3.8) is 0 Å². The predicted octanol–water partition coefficient (Wildman–Crippen LogP) is 3.42. The summed E-state index contributed by atoms with van der Waals surface area (Å²) in [5.41, 5.74) is 2.41. The van der Waals surface area contributed by atoms with Crippen molar-refractivity contribution in [1.29, 1.82) is 0 Å². The third-order valence-corrected chi connectivity index (χ3v) is 4.20. The molecule has 0 fully saturated rings. The molecule has 0 unspecified atom stereocenters. The topological polar surface area (TPSA) is 45.7 Å². The minimum atomic E-state index is 0. The highest BCUT2D eigenvalue weighted by atomic mass is 127. The first kappa shape index (κ1) is 19.9. The average molecular weight is 445 g/mol. The Balaban J connectivity index is 0.00000264. The number of methoxy groups -OCH3 is 1. The molecule has 0 spiro atoms. The van der Waals surface area contributed by atoms with Gasteiger partial charge in [0.2, 0.25) is 0 Å². The second-order valence-corrected chi connectivity index (χ2v) is 5.96. The van der Waals surface area contributed by atoms with Crippen molar-refractivity contribution >= 4 is 41.3 Å². The molecule has 126 valence electrons. The van der Waals surface area contributed by atoms with Crippen LogP contribution in [0.15, 0.2) is 46.8 Å². The van der Waals surface area contributed by atoms with Gasteiger partial charge in [0.05, 0.1) is 6.61 Å². The van der Waals surface area contributed by atoms with Crippen molar-refractivity contribution in [3.8, 4) is 0 Å². The van der Waals surface area contributed by atoms with Crippen molar-refractivity contribution in [2.75, 3.05) is 20.7 Å². The Bertz CT molecular complexity index is 570. The molecule has 0 aliphatic rings. The fourth-order valence-corrected chi connectivity index (χ4v) is 2.79. The SMILES string of the molecule is CN=C(NCCc1cccs1)NCc1ccc(COC)cc1.I. The minimum absolute atomic E-state index is 0. The second-order valence-electron chi connectivity index (χ2n) is 4.93. The van der Waals surface area contributed by atoms with Gasteiger partial charge >= 0.3 is 0 Å². The van der Waals surface area contributed by atoms with Gasteiger partial charge < -0.3 is 15.4 Å². The number of hydrogen-bond donors (Lipinski definition) is 2. The van der Waals surface area contributed by atoms with Crippen LogP contribution in [0.1, 0.15) is 16.0 Å². The van der Waals surface area contributed by atoms with Crippen LogP contribution in [0.2, 0.25) is 0 Å². The predicted molar refractivity (Wildman–Crippen MR) is 109 cm³/mol. The molecule has 0 atom stereocenters. The van der Waals surface area contributed by atoms with Crippen LogP contribution in [0.5, 0.6) is 0 Å². The summed E-state index contributed by atoms with van der Waals surface area (Å²) in [4.78, 5) is 5.63. The van der Waals surface area contributed by atoms with E-state index in [1.54, 1.807) is 25.5 Å². The molecule has 1 aromatic heterocycles. The fourth-order valence-electron chi connectivity index (χ4n) is 2.09. The van der Waals surface area contributed by atoms with E-state index in [1.807, 2.05) is 0 Å². The van der Waals surface area contributed by atoms with Gasteiger partial charge in [-0.1, -0.05) is 30.3 Å². The zero-order valence-electron chi connectivity index (χ0n) is 13.5. The quantitative estimate of drug-likeness (QED) is 0.390. The molecule has 0 amide bonds. The van der Waals surface area contributed by atoms with Gasteiger partial charge in [-0.2, -0.15) is 0 Å². The van der Waals surface area contributed by atoms with Gasteiger partial charge in [-0.15, -0.1) is 35.3 Å². The molecule has 0 saturated heterocycles. The highest BCUT2D eigenvalue weighted by molar-refractivity contribution is 14.0. The maximum atomic E-state index is 5.11. The number of rotatable bonds is 7. The molecule has 0 aliphatic carbocycles. The smallest absolute Gasteiger partial charge is 0.191 e. The Kier molecular flexibility index (Phi) is 9.89. The molecule has 0 aliphatic heterocycles. The number of nitrogens with one attached hydrogen (secondary N) is 2. The number of ether oxygens (including phenoxy) is 1. The van der Waals surface area contributed by atoms with Gasteiger partial charge in [-0.25, -0.2) is 0 Å². The van der Waals surface area contributed by atoms with Crippen LogP contribution in [0.4, 0.5) is 0 Å². The minimum Gasteiger partial charge on any atom is -0.380 e. The van der Waals surface area contributed by atoms with Crippen molar-refractivity contribution in [1.82, 2.24) is 10.6 Å². The number of halogens is 1. The van der Waals surface area contributed by atoms with E-state index in [2.05, 4.69) is 57.4 Å². The summed E-state index contributed by atoms with van der Waals surface area (Å²) < 4.78 is 5.11. The first-order valence-corrected chi connectivity index (χ1v) is 8.23. The van der Waals surface area contributed by atoms with Gasteiger partial charge in [-0.3, -0.25) is 4.99 Å².